The van der Waals surface area contributed by atoms with Crippen molar-refractivity contribution in [3.63, 3.8) is 0 Å². The Balaban J connectivity index is 1.92. The van der Waals surface area contributed by atoms with Crippen molar-refractivity contribution in [1.82, 2.24) is 0 Å². The number of hydrogen-bond donors (Lipinski definition) is 0. The summed E-state index contributed by atoms with van der Waals surface area (Å²) in [6.07, 6.45) is -4.76. The van der Waals surface area contributed by atoms with Gasteiger partial charge in [-0.3, -0.25) is 4.31 Å². The highest BCUT2D eigenvalue weighted by Gasteiger charge is 2.39. The van der Waals surface area contributed by atoms with E-state index in [1.54, 1.807) is 31.2 Å². The topological polar surface area (TPSA) is 46.6 Å². The van der Waals surface area contributed by atoms with Crippen LogP contribution in [0.25, 0.3) is 11.1 Å². The summed E-state index contributed by atoms with van der Waals surface area (Å²) in [5, 5.41) is 0. The van der Waals surface area contributed by atoms with Gasteiger partial charge in [0, 0.05) is 5.56 Å². The maximum Gasteiger partial charge on any atom is 0.420 e. The third-order valence-corrected chi connectivity index (χ3v) is 7.11. The van der Waals surface area contributed by atoms with Crippen LogP contribution in [-0.2, 0) is 16.2 Å². The van der Waals surface area contributed by atoms with Crippen molar-refractivity contribution in [3.8, 4) is 16.9 Å². The first-order valence-electron chi connectivity index (χ1n) is 9.14. The minimum atomic E-state index is -4.76. The van der Waals surface area contributed by atoms with E-state index in [-0.39, 0.29) is 0 Å². The van der Waals surface area contributed by atoms with Gasteiger partial charge in [0.15, 0.2) is 0 Å². The highest BCUT2D eigenvalue weighted by molar-refractivity contribution is 7.92. The molecule has 0 bridgehead atoms. The monoisotopic (exact) mass is 433 g/mol. The Bertz CT molecular complexity index is 1220. The maximum atomic E-state index is 13.6. The molecule has 0 saturated carbocycles. The first-order chi connectivity index (χ1) is 14.2. The molecule has 4 nitrogen and oxygen atoms in total. The number of anilines is 1. The van der Waals surface area contributed by atoms with Crippen LogP contribution in [0.3, 0.4) is 0 Å². The summed E-state index contributed by atoms with van der Waals surface area (Å²) in [6.45, 7) is 1.72. The van der Waals surface area contributed by atoms with E-state index < -0.39 is 38.4 Å². The fraction of sp³-hybridized carbons (Fsp3) is 0.182. The molecule has 0 saturated heterocycles. The average molecular weight is 433 g/mol. The highest BCUT2D eigenvalue weighted by Crippen LogP contribution is 2.47. The lowest BCUT2D eigenvalue weighted by atomic mass is 9.90. The number of fused-ring (bicyclic) bond motifs is 3. The molecular formula is C22H18F3NO3S. The molecule has 0 radical (unpaired) electrons. The second-order valence-corrected chi connectivity index (χ2v) is 8.76. The van der Waals surface area contributed by atoms with E-state index in [1.807, 2.05) is 24.3 Å². The zero-order valence-electron chi connectivity index (χ0n) is 16.1. The predicted molar refractivity (Wildman–Crippen MR) is 108 cm³/mol. The molecule has 0 aromatic heterocycles. The number of ether oxygens (including phenoxy) is 1. The number of hydrogen-bond acceptors (Lipinski definition) is 3. The Morgan fingerprint density at radius 3 is 2.23 bits per heavy atom. The average Bonchev–Trinajstić information content (AvgIpc) is 2.72. The molecule has 1 unspecified atom stereocenters. The van der Waals surface area contributed by atoms with E-state index in [4.69, 9.17) is 4.74 Å². The van der Waals surface area contributed by atoms with Gasteiger partial charge in [-0.05, 0) is 42.3 Å². The molecule has 0 amide bonds. The molecule has 1 atom stereocenters. The van der Waals surface area contributed by atoms with Gasteiger partial charge in [-0.15, -0.1) is 0 Å². The molecule has 0 aliphatic carbocycles. The van der Waals surface area contributed by atoms with Gasteiger partial charge in [0.2, 0.25) is 0 Å². The van der Waals surface area contributed by atoms with Crippen LogP contribution >= 0.6 is 0 Å². The van der Waals surface area contributed by atoms with Crippen molar-refractivity contribution in [2.24, 2.45) is 0 Å². The van der Waals surface area contributed by atoms with E-state index in [9.17, 15) is 21.6 Å². The number of alkyl halides is 3. The fourth-order valence-electron chi connectivity index (χ4n) is 3.86. The fourth-order valence-corrected chi connectivity index (χ4v) is 5.54. The molecule has 4 rings (SSSR count). The van der Waals surface area contributed by atoms with Gasteiger partial charge in [-0.2, -0.15) is 13.2 Å². The first-order valence-corrected chi connectivity index (χ1v) is 10.6. The van der Waals surface area contributed by atoms with E-state index in [0.717, 1.165) is 30.4 Å². The lowest BCUT2D eigenvalue weighted by molar-refractivity contribution is -0.138. The summed E-state index contributed by atoms with van der Waals surface area (Å²) < 4.78 is 73.5. The summed E-state index contributed by atoms with van der Waals surface area (Å²) >= 11 is 0. The maximum absolute atomic E-state index is 13.6. The number of benzene rings is 3. The van der Waals surface area contributed by atoms with Crippen LogP contribution in [-0.4, -0.2) is 15.5 Å². The predicted octanol–water partition coefficient (Wildman–Crippen LogP) is 5.65. The zero-order chi connectivity index (χ0) is 21.7. The summed E-state index contributed by atoms with van der Waals surface area (Å²) in [7, 11) is -3.19. The van der Waals surface area contributed by atoms with Crippen LogP contribution in [0.1, 0.15) is 24.1 Å². The molecule has 156 valence electrons. The van der Waals surface area contributed by atoms with Crippen molar-refractivity contribution < 1.29 is 26.3 Å². The summed E-state index contributed by atoms with van der Waals surface area (Å²) in [4.78, 5) is -0.448. The summed E-state index contributed by atoms with van der Waals surface area (Å²) in [5.41, 5.74) is 1.68. The normalized spacial score (nSPS) is 16.0. The molecule has 1 aliphatic rings. The Kier molecular flexibility index (Phi) is 4.77. The smallest absolute Gasteiger partial charge is 0.420 e. The van der Waals surface area contributed by atoms with E-state index in [1.165, 1.54) is 4.31 Å². The molecule has 8 heteroatoms. The Labute approximate surface area is 172 Å². The second kappa shape index (κ2) is 7.05. The number of para-hydroxylation sites is 1. The zero-order valence-corrected chi connectivity index (χ0v) is 17.0. The molecule has 0 N–H and O–H groups in total. The minimum Gasteiger partial charge on any atom is -0.496 e. The molecule has 1 heterocycles. The van der Waals surface area contributed by atoms with Crippen LogP contribution in [0.4, 0.5) is 18.9 Å². The molecule has 1 aliphatic heterocycles. The van der Waals surface area contributed by atoms with Gasteiger partial charge >= 0.3 is 6.18 Å². The lowest BCUT2D eigenvalue weighted by Gasteiger charge is -2.37. The molecular weight excluding hydrogens is 415 g/mol. The van der Waals surface area contributed by atoms with E-state index in [0.29, 0.717) is 17.3 Å². The van der Waals surface area contributed by atoms with E-state index in [2.05, 4.69) is 0 Å². The second-order valence-electron chi connectivity index (χ2n) is 6.94. The molecule has 3 aromatic carbocycles. The largest absolute Gasteiger partial charge is 0.496 e. The van der Waals surface area contributed by atoms with Crippen LogP contribution < -0.4 is 9.04 Å². The standard InChI is InChI=1S/C22H18F3NO3S/c1-14-16-7-3-4-8-17(16)18-9-5-6-10-20(18)26(14)30(27,28)15-11-12-21(29-2)19(13-15)22(23,24)25/h3-14H,1-2H3. The van der Waals surface area contributed by atoms with Gasteiger partial charge in [-0.1, -0.05) is 42.5 Å². The highest BCUT2D eigenvalue weighted by atomic mass is 32.2. The third-order valence-electron chi connectivity index (χ3n) is 5.23. The summed E-state index contributed by atoms with van der Waals surface area (Å²) in [6, 6.07) is 16.6. The SMILES string of the molecule is COc1ccc(S(=O)(=O)N2c3ccccc3-c3ccccc3C2C)cc1C(F)(F)F. The quantitative estimate of drug-likeness (QED) is 0.536. The molecule has 0 spiro atoms. The van der Waals surface area contributed by atoms with Crippen LogP contribution in [0.15, 0.2) is 71.6 Å². The van der Waals surface area contributed by atoms with Crippen molar-refractivity contribution in [2.45, 2.75) is 24.0 Å². The molecule has 30 heavy (non-hydrogen) atoms. The van der Waals surface area contributed by atoms with Gasteiger partial charge in [0.25, 0.3) is 10.0 Å². The molecule has 3 aromatic rings. The van der Waals surface area contributed by atoms with Gasteiger partial charge in [0.05, 0.1) is 29.3 Å². The Morgan fingerprint density at radius 1 is 0.933 bits per heavy atom. The first kappa shape index (κ1) is 20.3. The van der Waals surface area contributed by atoms with Crippen LogP contribution in [0, 0.1) is 0 Å². The number of halogens is 3. The number of methoxy groups -OCH3 is 1. The van der Waals surface area contributed by atoms with Gasteiger partial charge in [0.1, 0.15) is 5.75 Å². The minimum absolute atomic E-state index is 0.424. The number of nitrogens with zero attached hydrogens (tertiary/aromatic N) is 1. The van der Waals surface area contributed by atoms with Crippen molar-refractivity contribution in [1.29, 1.82) is 0 Å². The van der Waals surface area contributed by atoms with E-state index >= 15 is 0 Å². The van der Waals surface area contributed by atoms with Crippen molar-refractivity contribution >= 4 is 15.7 Å². The third kappa shape index (κ3) is 3.11. The number of sulfonamides is 1. The summed E-state index contributed by atoms with van der Waals surface area (Å²) in [5.74, 6) is -0.432. The van der Waals surface area contributed by atoms with Gasteiger partial charge < -0.3 is 4.74 Å². The van der Waals surface area contributed by atoms with Crippen LogP contribution in [0.5, 0.6) is 5.75 Å². The van der Waals surface area contributed by atoms with Crippen molar-refractivity contribution in [3.05, 3.63) is 77.9 Å². The lowest BCUT2D eigenvalue weighted by Crippen LogP contribution is -2.36. The Hall–Kier alpha value is -3.00. The number of rotatable bonds is 3. The van der Waals surface area contributed by atoms with Crippen molar-refractivity contribution in [2.75, 3.05) is 11.4 Å². The van der Waals surface area contributed by atoms with Gasteiger partial charge in [-0.25, -0.2) is 8.42 Å². The Morgan fingerprint density at radius 2 is 1.57 bits per heavy atom. The van der Waals surface area contributed by atoms with Crippen LogP contribution in [0.2, 0.25) is 0 Å². The molecule has 0 fully saturated rings.